The van der Waals surface area contributed by atoms with Gasteiger partial charge in [0.25, 0.3) is 0 Å². The van der Waals surface area contributed by atoms with Crippen molar-refractivity contribution < 1.29 is 0 Å². The molecule has 1 N–H and O–H groups in total. The molecule has 0 radical (unpaired) electrons. The summed E-state index contributed by atoms with van der Waals surface area (Å²) in [5.74, 6) is 0. The Kier molecular flexibility index (Phi) is 5.02. The Morgan fingerprint density at radius 3 is 2.27 bits per heavy atom. The molecule has 154 valence electrons. The van der Waals surface area contributed by atoms with E-state index in [-0.39, 0.29) is 0 Å². The lowest BCUT2D eigenvalue weighted by molar-refractivity contribution is 0.571. The van der Waals surface area contributed by atoms with Gasteiger partial charge in [-0.15, -0.1) is 0 Å². The number of hydrogen-bond acceptors (Lipinski definition) is 0. The summed E-state index contributed by atoms with van der Waals surface area (Å²) in [5, 5.41) is 5.54. The fraction of sp³-hybridized carbons (Fsp3) is 0.357. The molecule has 3 aromatic carbocycles. The Balaban J connectivity index is 1.71. The molecule has 5 aromatic rings. The lowest BCUT2D eigenvalue weighted by Crippen LogP contribution is -2.00. The van der Waals surface area contributed by atoms with Crippen molar-refractivity contribution in [2.75, 3.05) is 0 Å². The number of aromatic amines is 1. The number of benzene rings is 3. The van der Waals surface area contributed by atoms with Crippen molar-refractivity contribution in [1.29, 1.82) is 0 Å². The average molecular weight is 397 g/mol. The standard InChI is InChI=1S/C28H32N2/c1-4-5-6-7-8-13-18-30-24-17-12-10-15-22(24)26-19(2)27-25(20(3)28(26)30)21-14-9-11-16-23(21)29-27/h9-12,14-17,29H,4-8,13,18H2,1-3H3. The van der Waals surface area contributed by atoms with Crippen LogP contribution in [0.4, 0.5) is 0 Å². The molecule has 2 heterocycles. The molecule has 0 aliphatic rings. The first kappa shape index (κ1) is 19.2. The molecule has 2 heteroatoms. The number of para-hydroxylation sites is 2. The molecule has 5 rings (SSSR count). The smallest absolute Gasteiger partial charge is 0.0531 e. The molecular formula is C28H32N2. The molecule has 2 nitrogen and oxygen atoms in total. The van der Waals surface area contributed by atoms with Crippen molar-refractivity contribution in [3.63, 3.8) is 0 Å². The molecule has 0 saturated heterocycles. The number of H-pyrrole nitrogens is 1. The van der Waals surface area contributed by atoms with Crippen molar-refractivity contribution in [2.24, 2.45) is 0 Å². The van der Waals surface area contributed by atoms with Crippen LogP contribution in [-0.4, -0.2) is 9.55 Å². The van der Waals surface area contributed by atoms with Crippen LogP contribution >= 0.6 is 0 Å². The van der Waals surface area contributed by atoms with E-state index in [2.05, 4.69) is 78.9 Å². The number of rotatable bonds is 7. The van der Waals surface area contributed by atoms with Crippen molar-refractivity contribution in [2.45, 2.75) is 65.8 Å². The van der Waals surface area contributed by atoms with Crippen LogP contribution in [0.5, 0.6) is 0 Å². The van der Waals surface area contributed by atoms with Crippen LogP contribution in [0, 0.1) is 13.8 Å². The number of hydrogen-bond donors (Lipinski definition) is 1. The Labute approximate surface area is 178 Å². The van der Waals surface area contributed by atoms with E-state index in [1.54, 1.807) is 0 Å². The zero-order valence-corrected chi connectivity index (χ0v) is 18.5. The second-order valence-corrected chi connectivity index (χ2v) is 8.83. The van der Waals surface area contributed by atoms with Crippen LogP contribution in [0.3, 0.4) is 0 Å². The van der Waals surface area contributed by atoms with E-state index in [0.717, 1.165) is 6.54 Å². The van der Waals surface area contributed by atoms with Gasteiger partial charge in [-0.25, -0.2) is 0 Å². The molecule has 0 aliphatic carbocycles. The molecule has 0 spiro atoms. The third-order valence-corrected chi connectivity index (χ3v) is 6.89. The number of aromatic nitrogens is 2. The third kappa shape index (κ3) is 2.93. The van der Waals surface area contributed by atoms with Gasteiger partial charge in [0.05, 0.1) is 11.0 Å². The summed E-state index contributed by atoms with van der Waals surface area (Å²) in [4.78, 5) is 3.72. The van der Waals surface area contributed by atoms with Crippen LogP contribution < -0.4 is 0 Å². The van der Waals surface area contributed by atoms with Gasteiger partial charge < -0.3 is 9.55 Å². The fourth-order valence-corrected chi connectivity index (χ4v) is 5.41. The fourth-order valence-electron chi connectivity index (χ4n) is 5.41. The van der Waals surface area contributed by atoms with Crippen LogP contribution in [0.25, 0.3) is 43.6 Å². The van der Waals surface area contributed by atoms with Crippen LogP contribution in [0.1, 0.15) is 56.6 Å². The highest BCUT2D eigenvalue weighted by Crippen LogP contribution is 2.41. The Hall–Kier alpha value is -2.74. The summed E-state index contributed by atoms with van der Waals surface area (Å²) in [6.07, 6.45) is 7.98. The van der Waals surface area contributed by atoms with Crippen molar-refractivity contribution in [3.8, 4) is 0 Å². The van der Waals surface area contributed by atoms with Crippen molar-refractivity contribution in [3.05, 3.63) is 59.7 Å². The second-order valence-electron chi connectivity index (χ2n) is 8.83. The zero-order valence-electron chi connectivity index (χ0n) is 18.5. The second kappa shape index (κ2) is 7.83. The lowest BCUT2D eigenvalue weighted by atomic mass is 9.98. The predicted molar refractivity (Wildman–Crippen MR) is 132 cm³/mol. The van der Waals surface area contributed by atoms with Gasteiger partial charge in [-0.05, 0) is 43.5 Å². The molecule has 0 saturated carbocycles. The minimum absolute atomic E-state index is 1.10. The van der Waals surface area contributed by atoms with Gasteiger partial charge in [-0.1, -0.05) is 75.4 Å². The lowest BCUT2D eigenvalue weighted by Gasteiger charge is -2.12. The molecule has 2 aromatic heterocycles. The zero-order chi connectivity index (χ0) is 20.7. The van der Waals surface area contributed by atoms with Gasteiger partial charge in [0, 0.05) is 39.1 Å². The van der Waals surface area contributed by atoms with E-state index in [1.807, 2.05) is 0 Å². The van der Waals surface area contributed by atoms with Gasteiger partial charge >= 0.3 is 0 Å². The van der Waals surface area contributed by atoms with E-state index >= 15 is 0 Å². The molecule has 0 aliphatic heterocycles. The van der Waals surface area contributed by atoms with Gasteiger partial charge in [0.15, 0.2) is 0 Å². The summed E-state index contributed by atoms with van der Waals surface area (Å²) in [6.45, 7) is 8.00. The Morgan fingerprint density at radius 2 is 1.43 bits per heavy atom. The normalized spacial score (nSPS) is 12.1. The summed E-state index contributed by atoms with van der Waals surface area (Å²) in [5.41, 5.74) is 8.12. The highest BCUT2D eigenvalue weighted by atomic mass is 15.0. The van der Waals surface area contributed by atoms with Crippen molar-refractivity contribution >= 4 is 43.6 Å². The monoisotopic (exact) mass is 396 g/mol. The number of fused-ring (bicyclic) bond motifs is 6. The van der Waals surface area contributed by atoms with Gasteiger partial charge in [0.2, 0.25) is 0 Å². The number of nitrogens with one attached hydrogen (secondary N) is 1. The topological polar surface area (TPSA) is 20.7 Å². The molecule has 0 amide bonds. The molecule has 0 atom stereocenters. The minimum atomic E-state index is 1.10. The van der Waals surface area contributed by atoms with E-state index in [0.29, 0.717) is 0 Å². The largest absolute Gasteiger partial charge is 0.354 e. The summed E-state index contributed by atoms with van der Waals surface area (Å²) < 4.78 is 2.61. The summed E-state index contributed by atoms with van der Waals surface area (Å²) in [7, 11) is 0. The highest BCUT2D eigenvalue weighted by Gasteiger charge is 2.20. The number of nitrogens with zero attached hydrogens (tertiary/aromatic N) is 1. The first-order valence-electron chi connectivity index (χ1n) is 11.6. The summed E-state index contributed by atoms with van der Waals surface area (Å²) in [6, 6.07) is 17.7. The predicted octanol–water partition coefficient (Wildman–Crippen LogP) is 8.41. The Morgan fingerprint density at radius 1 is 0.733 bits per heavy atom. The number of unbranched alkanes of at least 4 members (excludes halogenated alkanes) is 5. The van der Waals surface area contributed by atoms with Gasteiger partial charge in [-0.2, -0.15) is 0 Å². The van der Waals surface area contributed by atoms with Gasteiger partial charge in [0.1, 0.15) is 0 Å². The Bertz CT molecular complexity index is 1350. The maximum Gasteiger partial charge on any atom is 0.0531 e. The third-order valence-electron chi connectivity index (χ3n) is 6.89. The first-order chi connectivity index (χ1) is 14.7. The van der Waals surface area contributed by atoms with E-state index in [9.17, 15) is 0 Å². The maximum atomic E-state index is 3.72. The van der Waals surface area contributed by atoms with Gasteiger partial charge in [-0.3, -0.25) is 0 Å². The average Bonchev–Trinajstić information content (AvgIpc) is 3.32. The molecular weight excluding hydrogens is 364 g/mol. The molecule has 0 fully saturated rings. The molecule has 0 bridgehead atoms. The molecule has 0 unspecified atom stereocenters. The summed E-state index contributed by atoms with van der Waals surface area (Å²) >= 11 is 0. The van der Waals surface area contributed by atoms with Crippen LogP contribution in [0.2, 0.25) is 0 Å². The minimum Gasteiger partial charge on any atom is -0.354 e. The van der Waals surface area contributed by atoms with Crippen LogP contribution in [0.15, 0.2) is 48.5 Å². The SMILES string of the molecule is CCCCCCCCn1c2ccccc2c2c(C)c3[nH]c4ccccc4c3c(C)c21. The quantitative estimate of drug-likeness (QED) is 0.267. The number of aryl methyl sites for hydroxylation is 3. The molecule has 30 heavy (non-hydrogen) atoms. The highest BCUT2D eigenvalue weighted by molar-refractivity contribution is 6.21. The van der Waals surface area contributed by atoms with E-state index < -0.39 is 0 Å². The first-order valence-corrected chi connectivity index (χ1v) is 11.6. The van der Waals surface area contributed by atoms with E-state index in [4.69, 9.17) is 0 Å². The van der Waals surface area contributed by atoms with Crippen LogP contribution in [-0.2, 0) is 6.54 Å². The van der Waals surface area contributed by atoms with E-state index in [1.165, 1.54) is 93.3 Å². The maximum absolute atomic E-state index is 3.72. The van der Waals surface area contributed by atoms with Crippen molar-refractivity contribution in [1.82, 2.24) is 9.55 Å².